The molecule has 20 heavy (non-hydrogen) atoms. The summed E-state index contributed by atoms with van der Waals surface area (Å²) in [7, 11) is 0. The van der Waals surface area contributed by atoms with E-state index in [9.17, 15) is 5.11 Å². The van der Waals surface area contributed by atoms with Gasteiger partial charge in [-0.3, -0.25) is 0 Å². The quantitative estimate of drug-likeness (QED) is 0.758. The summed E-state index contributed by atoms with van der Waals surface area (Å²) >= 11 is 6.50. The number of fused-ring (bicyclic) bond motifs is 1. The zero-order valence-corrected chi connectivity index (χ0v) is 12.0. The summed E-state index contributed by atoms with van der Waals surface area (Å²) in [5.74, 6) is 0. The molecule has 1 heterocycles. The number of para-hydroxylation sites is 1. The van der Waals surface area contributed by atoms with Crippen molar-refractivity contribution in [3.8, 4) is 0 Å². The first-order valence-electron chi connectivity index (χ1n) is 6.67. The molecule has 1 atom stereocenters. The summed E-state index contributed by atoms with van der Waals surface area (Å²) in [6, 6.07) is 18.2. The van der Waals surface area contributed by atoms with E-state index in [0.717, 1.165) is 16.5 Å². The third kappa shape index (κ3) is 2.21. The predicted octanol–water partition coefficient (Wildman–Crippen LogP) is 4.40. The van der Waals surface area contributed by atoms with Crippen LogP contribution in [0.25, 0.3) is 10.9 Å². The van der Waals surface area contributed by atoms with Crippen LogP contribution in [0.3, 0.4) is 0 Å². The molecule has 3 heteroatoms. The van der Waals surface area contributed by atoms with Gasteiger partial charge in [0.15, 0.2) is 0 Å². The Kier molecular flexibility index (Phi) is 3.51. The zero-order chi connectivity index (χ0) is 14.1. The van der Waals surface area contributed by atoms with Gasteiger partial charge in [-0.15, -0.1) is 0 Å². The Morgan fingerprint density at radius 2 is 1.70 bits per heavy atom. The van der Waals surface area contributed by atoms with Crippen molar-refractivity contribution in [2.45, 2.75) is 19.6 Å². The lowest BCUT2D eigenvalue weighted by atomic mass is 10.1. The predicted molar refractivity (Wildman–Crippen MR) is 83.1 cm³/mol. The van der Waals surface area contributed by atoms with Crippen molar-refractivity contribution in [3.63, 3.8) is 0 Å². The maximum atomic E-state index is 9.98. The fraction of sp³-hybridized carbons (Fsp3) is 0.176. The van der Waals surface area contributed by atoms with E-state index in [1.807, 2.05) is 47.0 Å². The molecular weight excluding hydrogens is 270 g/mol. The molecule has 0 aliphatic carbocycles. The van der Waals surface area contributed by atoms with Crippen molar-refractivity contribution in [1.82, 2.24) is 4.57 Å². The highest BCUT2D eigenvalue weighted by molar-refractivity contribution is 6.32. The van der Waals surface area contributed by atoms with Crippen molar-refractivity contribution in [3.05, 3.63) is 70.9 Å². The lowest BCUT2D eigenvalue weighted by molar-refractivity contribution is 0.200. The van der Waals surface area contributed by atoms with Gasteiger partial charge >= 0.3 is 0 Å². The normalized spacial score (nSPS) is 12.8. The van der Waals surface area contributed by atoms with Gasteiger partial charge in [-0.05, 0) is 18.6 Å². The first kappa shape index (κ1) is 13.2. The number of aliphatic hydroxyl groups is 1. The molecule has 0 spiro atoms. The molecule has 0 fully saturated rings. The van der Waals surface area contributed by atoms with Crippen LogP contribution in [0.15, 0.2) is 54.6 Å². The van der Waals surface area contributed by atoms with Crippen LogP contribution in [0, 0.1) is 0 Å². The standard InChI is InChI=1S/C17H16ClNO/c1-12(20)16-14-9-5-6-10-15(14)19(17(16)18)11-13-7-3-2-4-8-13/h2-10,12,20H,11H2,1H3. The van der Waals surface area contributed by atoms with Crippen molar-refractivity contribution < 1.29 is 5.11 Å². The number of rotatable bonds is 3. The van der Waals surface area contributed by atoms with Gasteiger partial charge < -0.3 is 9.67 Å². The molecule has 0 aliphatic rings. The number of aliphatic hydroxyl groups excluding tert-OH is 1. The van der Waals surface area contributed by atoms with Gasteiger partial charge in [-0.1, -0.05) is 60.1 Å². The fourth-order valence-electron chi connectivity index (χ4n) is 2.62. The molecule has 102 valence electrons. The minimum Gasteiger partial charge on any atom is -0.389 e. The van der Waals surface area contributed by atoms with Gasteiger partial charge in [0.2, 0.25) is 0 Å². The minimum atomic E-state index is -0.579. The van der Waals surface area contributed by atoms with E-state index in [0.29, 0.717) is 11.7 Å². The first-order chi connectivity index (χ1) is 9.68. The molecule has 0 saturated carbocycles. The molecule has 2 aromatic carbocycles. The van der Waals surface area contributed by atoms with Crippen LogP contribution in [0.5, 0.6) is 0 Å². The Morgan fingerprint density at radius 3 is 2.40 bits per heavy atom. The summed E-state index contributed by atoms with van der Waals surface area (Å²) in [6.07, 6.45) is -0.579. The largest absolute Gasteiger partial charge is 0.389 e. The van der Waals surface area contributed by atoms with Gasteiger partial charge in [0.25, 0.3) is 0 Å². The molecule has 0 amide bonds. The molecular formula is C17H16ClNO. The molecule has 3 rings (SSSR count). The SMILES string of the molecule is CC(O)c1c(Cl)n(Cc2ccccc2)c2ccccc12. The second kappa shape index (κ2) is 5.31. The highest BCUT2D eigenvalue weighted by Gasteiger charge is 2.18. The van der Waals surface area contributed by atoms with Gasteiger partial charge in [0, 0.05) is 23.0 Å². The molecule has 2 nitrogen and oxygen atoms in total. The van der Waals surface area contributed by atoms with E-state index in [2.05, 4.69) is 12.1 Å². The van der Waals surface area contributed by atoms with Crippen LogP contribution < -0.4 is 0 Å². The van der Waals surface area contributed by atoms with Crippen molar-refractivity contribution in [1.29, 1.82) is 0 Å². The number of hydrogen-bond acceptors (Lipinski definition) is 1. The van der Waals surface area contributed by atoms with E-state index >= 15 is 0 Å². The maximum absolute atomic E-state index is 9.98. The highest BCUT2D eigenvalue weighted by atomic mass is 35.5. The maximum Gasteiger partial charge on any atom is 0.116 e. The molecule has 1 unspecified atom stereocenters. The Hall–Kier alpha value is -1.77. The summed E-state index contributed by atoms with van der Waals surface area (Å²) in [5, 5.41) is 11.6. The summed E-state index contributed by atoms with van der Waals surface area (Å²) in [4.78, 5) is 0. The third-order valence-corrected chi connectivity index (χ3v) is 3.95. The Bertz CT molecular complexity index is 731. The Labute approximate surface area is 123 Å². The molecule has 0 bridgehead atoms. The summed E-state index contributed by atoms with van der Waals surface area (Å²) in [5.41, 5.74) is 3.04. The second-order valence-corrected chi connectivity index (χ2v) is 5.33. The molecule has 1 N–H and O–H groups in total. The third-order valence-electron chi connectivity index (χ3n) is 3.55. The highest BCUT2D eigenvalue weighted by Crippen LogP contribution is 2.34. The fourth-order valence-corrected chi connectivity index (χ4v) is 3.03. The van der Waals surface area contributed by atoms with Gasteiger partial charge in [0.1, 0.15) is 5.15 Å². The second-order valence-electron chi connectivity index (χ2n) is 4.97. The Morgan fingerprint density at radius 1 is 1.05 bits per heavy atom. The van der Waals surface area contributed by atoms with Crippen molar-refractivity contribution in [2.24, 2.45) is 0 Å². The minimum absolute atomic E-state index is 0.579. The van der Waals surface area contributed by atoms with Gasteiger partial charge in [-0.25, -0.2) is 0 Å². The average Bonchev–Trinajstić information content (AvgIpc) is 2.73. The van der Waals surface area contributed by atoms with Crippen LogP contribution in [-0.2, 0) is 6.54 Å². The van der Waals surface area contributed by atoms with Crippen LogP contribution in [0.4, 0.5) is 0 Å². The molecule has 0 radical (unpaired) electrons. The van der Waals surface area contributed by atoms with Gasteiger partial charge in [-0.2, -0.15) is 0 Å². The number of hydrogen-bond donors (Lipinski definition) is 1. The van der Waals surface area contributed by atoms with E-state index in [1.165, 1.54) is 5.56 Å². The molecule has 1 aromatic heterocycles. The first-order valence-corrected chi connectivity index (χ1v) is 7.05. The number of aromatic nitrogens is 1. The molecule has 0 aliphatic heterocycles. The van der Waals surface area contributed by atoms with Crippen molar-refractivity contribution >= 4 is 22.5 Å². The summed E-state index contributed by atoms with van der Waals surface area (Å²) in [6.45, 7) is 2.45. The lowest BCUT2D eigenvalue weighted by Gasteiger charge is -2.08. The van der Waals surface area contributed by atoms with Crippen LogP contribution >= 0.6 is 11.6 Å². The number of halogens is 1. The average molecular weight is 286 g/mol. The number of nitrogens with zero attached hydrogens (tertiary/aromatic N) is 1. The summed E-state index contributed by atoms with van der Waals surface area (Å²) < 4.78 is 2.05. The van der Waals surface area contributed by atoms with E-state index in [1.54, 1.807) is 6.92 Å². The van der Waals surface area contributed by atoms with Crippen LogP contribution in [0.2, 0.25) is 5.15 Å². The number of benzene rings is 2. The van der Waals surface area contributed by atoms with Gasteiger partial charge in [0.05, 0.1) is 6.10 Å². The van der Waals surface area contributed by atoms with E-state index in [-0.39, 0.29) is 0 Å². The monoisotopic (exact) mass is 285 g/mol. The smallest absolute Gasteiger partial charge is 0.116 e. The zero-order valence-electron chi connectivity index (χ0n) is 11.3. The van der Waals surface area contributed by atoms with Crippen LogP contribution in [0.1, 0.15) is 24.2 Å². The molecule has 0 saturated heterocycles. The topological polar surface area (TPSA) is 25.2 Å². The lowest BCUT2D eigenvalue weighted by Crippen LogP contribution is -2.00. The van der Waals surface area contributed by atoms with Crippen LogP contribution in [-0.4, -0.2) is 9.67 Å². The van der Waals surface area contributed by atoms with Crippen molar-refractivity contribution in [2.75, 3.05) is 0 Å². The van der Waals surface area contributed by atoms with E-state index in [4.69, 9.17) is 11.6 Å². The Balaban J connectivity index is 2.18. The van der Waals surface area contributed by atoms with E-state index < -0.39 is 6.10 Å². The molecule has 3 aromatic rings.